The third-order valence-electron chi connectivity index (χ3n) is 8.26. The Morgan fingerprint density at radius 3 is 2.50 bits per heavy atom. The summed E-state index contributed by atoms with van der Waals surface area (Å²) in [5.41, 5.74) is 6.09. The molecule has 3 fully saturated rings. The monoisotopic (exact) mass is 603 g/mol. The van der Waals surface area contributed by atoms with Crippen LogP contribution in [0.4, 0.5) is 10.5 Å². The van der Waals surface area contributed by atoms with Crippen molar-refractivity contribution < 1.29 is 37.3 Å². The minimum absolute atomic E-state index is 0.0149. The lowest BCUT2D eigenvalue weighted by Crippen LogP contribution is -2.52. The van der Waals surface area contributed by atoms with Crippen LogP contribution >= 0.6 is 0 Å². The molecule has 12 heteroatoms. The first-order valence-corrected chi connectivity index (χ1v) is 15.9. The summed E-state index contributed by atoms with van der Waals surface area (Å²) >= 11 is 0. The molecule has 0 saturated carbocycles. The van der Waals surface area contributed by atoms with Gasteiger partial charge >= 0.3 is 6.09 Å². The fraction of sp³-hybridized carbons (Fsp3) is 0.567. The first kappa shape index (κ1) is 30.6. The summed E-state index contributed by atoms with van der Waals surface area (Å²) in [5.74, 6) is -0.139. The minimum atomic E-state index is -3.75. The maximum atomic E-state index is 13.8. The Balaban J connectivity index is 1.38. The van der Waals surface area contributed by atoms with Crippen molar-refractivity contribution >= 4 is 21.6 Å². The number of fused-ring (bicyclic) bond motifs is 1. The van der Waals surface area contributed by atoms with Crippen molar-refractivity contribution in [2.75, 3.05) is 25.5 Å². The van der Waals surface area contributed by atoms with Crippen LogP contribution in [0.1, 0.15) is 39.7 Å². The Morgan fingerprint density at radius 1 is 1.14 bits per heavy atom. The molecule has 4 N–H and O–H groups in total. The molecule has 0 aliphatic carbocycles. The predicted molar refractivity (Wildman–Crippen MR) is 155 cm³/mol. The van der Waals surface area contributed by atoms with Crippen LogP contribution in [0, 0.1) is 11.8 Å². The van der Waals surface area contributed by atoms with E-state index >= 15 is 0 Å². The Bertz CT molecular complexity index is 1350. The van der Waals surface area contributed by atoms with Gasteiger partial charge in [-0.2, -0.15) is 0 Å². The molecule has 2 aromatic carbocycles. The van der Waals surface area contributed by atoms with E-state index in [0.717, 1.165) is 12.0 Å². The van der Waals surface area contributed by atoms with E-state index in [2.05, 4.69) is 5.32 Å². The molecule has 2 aromatic rings. The van der Waals surface area contributed by atoms with Gasteiger partial charge in [0.25, 0.3) is 0 Å². The van der Waals surface area contributed by atoms with Gasteiger partial charge < -0.3 is 29.8 Å². The number of aromatic hydroxyl groups is 1. The summed E-state index contributed by atoms with van der Waals surface area (Å²) in [6, 6.07) is 12.4. The lowest BCUT2D eigenvalue weighted by Gasteiger charge is -2.34. The Labute approximate surface area is 247 Å². The van der Waals surface area contributed by atoms with Crippen LogP contribution in [0.2, 0.25) is 0 Å². The first-order valence-electron chi connectivity index (χ1n) is 14.4. The highest BCUT2D eigenvalue weighted by Gasteiger charge is 2.52. The van der Waals surface area contributed by atoms with Crippen molar-refractivity contribution in [2.24, 2.45) is 11.8 Å². The average molecular weight is 604 g/mol. The number of nitrogen functional groups attached to an aromatic ring is 1. The molecule has 0 bridgehead atoms. The van der Waals surface area contributed by atoms with Gasteiger partial charge in [0.2, 0.25) is 0 Å². The van der Waals surface area contributed by atoms with E-state index in [0.29, 0.717) is 18.7 Å². The fourth-order valence-electron chi connectivity index (χ4n) is 6.17. The third kappa shape index (κ3) is 6.23. The number of hydrogen-bond donors (Lipinski definition) is 3. The zero-order valence-electron chi connectivity index (χ0n) is 24.4. The van der Waals surface area contributed by atoms with Crippen LogP contribution in [-0.4, -0.2) is 79.9 Å². The second-order valence-electron chi connectivity index (χ2n) is 12.0. The van der Waals surface area contributed by atoms with Crippen molar-refractivity contribution in [2.45, 2.75) is 81.1 Å². The number of amides is 1. The van der Waals surface area contributed by atoms with Crippen molar-refractivity contribution in [3.05, 3.63) is 54.1 Å². The van der Waals surface area contributed by atoms with Gasteiger partial charge in [-0.25, -0.2) is 13.2 Å². The van der Waals surface area contributed by atoms with Crippen LogP contribution in [0.25, 0.3) is 0 Å². The van der Waals surface area contributed by atoms with Crippen molar-refractivity contribution in [3.63, 3.8) is 0 Å². The number of sulfone groups is 1. The number of nitrogens with one attached hydrogen (secondary N) is 1. The number of rotatable bonds is 9. The SMILES string of the molecule is CC(C)C(NC[C@H]1OC(C)(C)N(C(=O)O[C@@H]2CO[C@H]3OCC[C@H]32)[C@H]1Cc1ccc(O)cc1)S(=O)(=O)c1ccc(N)cc1. The Hall–Kier alpha value is -2.90. The highest BCUT2D eigenvalue weighted by molar-refractivity contribution is 7.92. The van der Waals surface area contributed by atoms with E-state index < -0.39 is 45.3 Å². The quantitative estimate of drug-likeness (QED) is 0.365. The molecule has 3 heterocycles. The third-order valence-corrected chi connectivity index (χ3v) is 10.6. The van der Waals surface area contributed by atoms with Crippen LogP contribution in [0.5, 0.6) is 5.75 Å². The Kier molecular flexibility index (Phi) is 8.73. The standard InChI is InChI=1S/C30H41N3O8S/c1-18(2)27(42(36,37)22-11-7-20(31)8-12-22)32-16-25-24(15-19-5-9-21(34)10-6-19)33(30(3,4)41-25)29(35)40-26-17-39-28-23(26)13-14-38-28/h5-12,18,23-28,32,34H,13-17,31H2,1-4H3/t23-,24-,25+,26+,27?,28+/m0/s1. The summed E-state index contributed by atoms with van der Waals surface area (Å²) in [6.45, 7) is 8.28. The van der Waals surface area contributed by atoms with Gasteiger partial charge in [0, 0.05) is 12.2 Å². The molecule has 42 heavy (non-hydrogen) atoms. The number of carbonyl (C=O) groups is 1. The van der Waals surface area contributed by atoms with Gasteiger partial charge in [-0.1, -0.05) is 26.0 Å². The number of nitrogens with zero attached hydrogens (tertiary/aromatic N) is 1. The van der Waals surface area contributed by atoms with Gasteiger partial charge in [-0.05, 0) is 74.6 Å². The summed E-state index contributed by atoms with van der Waals surface area (Å²) in [4.78, 5) is 15.6. The average Bonchev–Trinajstić information content (AvgIpc) is 3.60. The molecular weight excluding hydrogens is 562 g/mol. The van der Waals surface area contributed by atoms with E-state index in [4.69, 9.17) is 24.7 Å². The largest absolute Gasteiger partial charge is 0.508 e. The van der Waals surface area contributed by atoms with E-state index in [1.165, 1.54) is 12.1 Å². The molecule has 5 rings (SSSR count). The van der Waals surface area contributed by atoms with Gasteiger partial charge in [0.1, 0.15) is 23.0 Å². The zero-order chi connectivity index (χ0) is 30.2. The summed E-state index contributed by atoms with van der Waals surface area (Å²) in [6.07, 6.45) is -0.716. The second kappa shape index (κ2) is 12.0. The molecular formula is C30H41N3O8S. The molecule has 0 spiro atoms. The van der Waals surface area contributed by atoms with Crippen molar-refractivity contribution in [1.29, 1.82) is 0 Å². The number of benzene rings is 2. The van der Waals surface area contributed by atoms with Gasteiger partial charge in [0.05, 0.1) is 36.2 Å². The van der Waals surface area contributed by atoms with Crippen LogP contribution in [0.15, 0.2) is 53.4 Å². The minimum Gasteiger partial charge on any atom is -0.508 e. The highest BCUT2D eigenvalue weighted by Crippen LogP contribution is 2.38. The van der Waals surface area contributed by atoms with Gasteiger partial charge in [-0.3, -0.25) is 10.2 Å². The molecule has 230 valence electrons. The molecule has 6 atom stereocenters. The number of anilines is 1. The molecule has 3 aliphatic heterocycles. The van der Waals surface area contributed by atoms with Crippen molar-refractivity contribution in [3.8, 4) is 5.75 Å². The number of hydrogen-bond acceptors (Lipinski definition) is 10. The predicted octanol–water partition coefficient (Wildman–Crippen LogP) is 3.27. The molecule has 0 aromatic heterocycles. The number of ether oxygens (including phenoxy) is 4. The smallest absolute Gasteiger partial charge is 0.412 e. The van der Waals surface area contributed by atoms with Crippen LogP contribution in [0.3, 0.4) is 0 Å². The maximum Gasteiger partial charge on any atom is 0.412 e. The zero-order valence-corrected chi connectivity index (χ0v) is 25.3. The van der Waals surface area contributed by atoms with E-state index in [-0.39, 0.29) is 41.9 Å². The first-order chi connectivity index (χ1) is 19.9. The molecule has 0 radical (unpaired) electrons. The second-order valence-corrected chi connectivity index (χ2v) is 14.1. The van der Waals surface area contributed by atoms with Crippen LogP contribution < -0.4 is 11.1 Å². The molecule has 1 unspecified atom stereocenters. The molecule has 3 aliphatic rings. The molecule has 1 amide bonds. The fourth-order valence-corrected chi connectivity index (χ4v) is 8.02. The van der Waals surface area contributed by atoms with Crippen LogP contribution in [-0.2, 0) is 35.2 Å². The summed E-state index contributed by atoms with van der Waals surface area (Å²) in [7, 11) is -3.75. The molecule has 3 saturated heterocycles. The van der Waals surface area contributed by atoms with E-state index in [1.54, 1.807) is 55.1 Å². The normalized spacial score (nSPS) is 27.7. The topological polar surface area (TPSA) is 150 Å². The lowest BCUT2D eigenvalue weighted by molar-refractivity contribution is -0.0911. The summed E-state index contributed by atoms with van der Waals surface area (Å²) in [5, 5.41) is 12.1. The number of nitrogens with two attached hydrogens (primary N) is 1. The molecule has 11 nitrogen and oxygen atoms in total. The number of phenols is 1. The lowest BCUT2D eigenvalue weighted by atomic mass is 9.99. The highest BCUT2D eigenvalue weighted by atomic mass is 32.2. The summed E-state index contributed by atoms with van der Waals surface area (Å²) < 4.78 is 50.9. The van der Waals surface area contributed by atoms with Gasteiger partial charge in [-0.15, -0.1) is 0 Å². The number of carbonyl (C=O) groups excluding carboxylic acids is 1. The Morgan fingerprint density at radius 2 is 1.83 bits per heavy atom. The van der Waals surface area contributed by atoms with Gasteiger partial charge in [0.15, 0.2) is 16.1 Å². The maximum absolute atomic E-state index is 13.8. The van der Waals surface area contributed by atoms with E-state index in [9.17, 15) is 18.3 Å². The van der Waals surface area contributed by atoms with E-state index in [1.807, 2.05) is 13.8 Å². The number of phenolic OH excluding ortho intramolecular Hbond substituents is 1. The van der Waals surface area contributed by atoms with Crippen molar-refractivity contribution in [1.82, 2.24) is 10.2 Å².